The summed E-state index contributed by atoms with van der Waals surface area (Å²) < 4.78 is 3.16. The maximum absolute atomic E-state index is 4.49. The highest BCUT2D eigenvalue weighted by Gasteiger charge is 2.66. The molecule has 0 aromatic carbocycles. The number of likely N-dealkylation sites (N-methyl/N-ethyl adjacent to an activating group) is 1. The minimum Gasteiger partial charge on any atom is -0.316 e. The zero-order valence-electron chi connectivity index (χ0n) is 13.1. The first-order valence-corrected chi connectivity index (χ1v) is 7.79. The van der Waals surface area contributed by atoms with Crippen molar-refractivity contribution in [1.29, 1.82) is 0 Å². The van der Waals surface area contributed by atoms with Crippen LogP contribution in [0.2, 0.25) is 0 Å². The van der Waals surface area contributed by atoms with E-state index in [0.29, 0.717) is 22.8 Å². The lowest BCUT2D eigenvalue weighted by molar-refractivity contribution is 0.412. The molecule has 4 heteroatoms. The number of nitrogens with one attached hydrogen (secondary N) is 1. The Hall–Kier alpha value is -0.350. The highest BCUT2D eigenvalue weighted by Crippen LogP contribution is 2.69. The normalized spacial score (nSPS) is 22.5. The van der Waals surface area contributed by atoms with E-state index in [4.69, 9.17) is 0 Å². The molecule has 0 aliphatic heterocycles. The zero-order chi connectivity index (χ0) is 14.6. The molecule has 0 bridgehead atoms. The quantitative estimate of drug-likeness (QED) is 0.919. The third-order valence-electron chi connectivity index (χ3n) is 5.58. The standard InChI is InChI=1S/C15H26BrN3/c1-9-12(16)11(19(7)18-9)8-10(17-6)13-14(2,3)15(13,4)5/h10,13,17H,8H2,1-7H3. The van der Waals surface area contributed by atoms with Gasteiger partial charge in [-0.1, -0.05) is 27.7 Å². The van der Waals surface area contributed by atoms with Gasteiger partial charge in [0.2, 0.25) is 0 Å². The zero-order valence-corrected chi connectivity index (χ0v) is 14.7. The van der Waals surface area contributed by atoms with Gasteiger partial charge in [-0.15, -0.1) is 0 Å². The molecule has 1 aliphatic rings. The largest absolute Gasteiger partial charge is 0.316 e. The minimum absolute atomic E-state index is 0.404. The van der Waals surface area contributed by atoms with Crippen LogP contribution in [0.5, 0.6) is 0 Å². The second-order valence-corrected chi connectivity index (χ2v) is 7.78. The van der Waals surface area contributed by atoms with Crippen molar-refractivity contribution in [3.8, 4) is 0 Å². The lowest BCUT2D eigenvalue weighted by Gasteiger charge is -2.19. The fourth-order valence-electron chi connectivity index (χ4n) is 3.75. The van der Waals surface area contributed by atoms with Crippen molar-refractivity contribution in [3.63, 3.8) is 0 Å². The van der Waals surface area contributed by atoms with Crippen LogP contribution in [0.4, 0.5) is 0 Å². The van der Waals surface area contributed by atoms with Gasteiger partial charge < -0.3 is 5.32 Å². The van der Waals surface area contributed by atoms with Crippen molar-refractivity contribution in [2.45, 2.75) is 47.1 Å². The van der Waals surface area contributed by atoms with Crippen LogP contribution in [0, 0.1) is 23.7 Å². The van der Waals surface area contributed by atoms with Crippen LogP contribution in [0.25, 0.3) is 0 Å². The Balaban J connectivity index is 2.22. The van der Waals surface area contributed by atoms with E-state index in [9.17, 15) is 0 Å². The monoisotopic (exact) mass is 327 g/mol. The van der Waals surface area contributed by atoms with E-state index >= 15 is 0 Å². The first-order valence-electron chi connectivity index (χ1n) is 6.99. The number of aromatic nitrogens is 2. The van der Waals surface area contributed by atoms with Crippen LogP contribution >= 0.6 is 15.9 Å². The average Bonchev–Trinajstić information content (AvgIpc) is 2.57. The summed E-state index contributed by atoms with van der Waals surface area (Å²) >= 11 is 3.67. The lowest BCUT2D eigenvalue weighted by Crippen LogP contribution is -2.33. The molecule has 1 saturated carbocycles. The molecule has 0 radical (unpaired) electrons. The van der Waals surface area contributed by atoms with E-state index in [1.807, 2.05) is 18.7 Å². The Morgan fingerprint density at radius 3 is 2.16 bits per heavy atom. The van der Waals surface area contributed by atoms with Gasteiger partial charge in [-0.2, -0.15) is 5.10 Å². The van der Waals surface area contributed by atoms with Crippen LogP contribution in [-0.2, 0) is 13.5 Å². The molecule has 1 unspecified atom stereocenters. The van der Waals surface area contributed by atoms with E-state index in [1.54, 1.807) is 0 Å². The van der Waals surface area contributed by atoms with E-state index in [2.05, 4.69) is 61.1 Å². The minimum atomic E-state index is 0.404. The molecule has 3 nitrogen and oxygen atoms in total. The summed E-state index contributed by atoms with van der Waals surface area (Å²) in [6.07, 6.45) is 1.02. The molecule has 1 aliphatic carbocycles. The van der Waals surface area contributed by atoms with Gasteiger partial charge in [0.1, 0.15) is 0 Å². The van der Waals surface area contributed by atoms with Gasteiger partial charge in [0.15, 0.2) is 0 Å². The summed E-state index contributed by atoms with van der Waals surface area (Å²) in [5, 5.41) is 8.02. The van der Waals surface area contributed by atoms with E-state index in [-0.39, 0.29) is 0 Å². The van der Waals surface area contributed by atoms with Gasteiger partial charge in [0.25, 0.3) is 0 Å². The molecule has 1 atom stereocenters. The number of hydrogen-bond acceptors (Lipinski definition) is 2. The molecular formula is C15H26BrN3. The summed E-state index contributed by atoms with van der Waals surface area (Å²) in [6, 6.07) is 0.496. The van der Waals surface area contributed by atoms with Gasteiger partial charge in [-0.05, 0) is 46.6 Å². The topological polar surface area (TPSA) is 29.9 Å². The number of rotatable bonds is 4. The molecule has 1 fully saturated rings. The van der Waals surface area contributed by atoms with Crippen LogP contribution in [-0.4, -0.2) is 22.9 Å². The van der Waals surface area contributed by atoms with Gasteiger partial charge in [0.05, 0.1) is 15.9 Å². The van der Waals surface area contributed by atoms with Crippen LogP contribution in [0.3, 0.4) is 0 Å². The first kappa shape index (κ1) is 15.0. The third-order valence-corrected chi connectivity index (χ3v) is 6.61. The third kappa shape index (κ3) is 2.17. The molecule has 1 N–H and O–H groups in total. The van der Waals surface area contributed by atoms with Gasteiger partial charge in [-0.3, -0.25) is 4.68 Å². The summed E-state index contributed by atoms with van der Waals surface area (Å²) in [4.78, 5) is 0. The molecule has 0 amide bonds. The van der Waals surface area contributed by atoms with Crippen molar-refractivity contribution in [3.05, 3.63) is 15.9 Å². The molecule has 0 saturated heterocycles. The van der Waals surface area contributed by atoms with Crippen molar-refractivity contribution in [2.24, 2.45) is 23.8 Å². The Morgan fingerprint density at radius 2 is 1.84 bits per heavy atom. The van der Waals surface area contributed by atoms with Crippen LogP contribution in [0.1, 0.15) is 39.1 Å². The van der Waals surface area contributed by atoms with Gasteiger partial charge in [-0.25, -0.2) is 0 Å². The second-order valence-electron chi connectivity index (χ2n) is 6.99. The molecule has 19 heavy (non-hydrogen) atoms. The number of halogens is 1. The fraction of sp³-hybridized carbons (Fsp3) is 0.800. The average molecular weight is 328 g/mol. The number of nitrogens with zero attached hydrogens (tertiary/aromatic N) is 2. The fourth-order valence-corrected chi connectivity index (χ4v) is 4.25. The lowest BCUT2D eigenvalue weighted by atomic mass is 9.99. The smallest absolute Gasteiger partial charge is 0.0738 e. The predicted octanol–water partition coefficient (Wildman–Crippen LogP) is 3.30. The summed E-state index contributed by atoms with van der Waals surface area (Å²) in [5.41, 5.74) is 3.17. The van der Waals surface area contributed by atoms with Gasteiger partial charge in [0, 0.05) is 19.5 Å². The molecule has 2 rings (SSSR count). The summed E-state index contributed by atoms with van der Waals surface area (Å²) in [7, 11) is 4.11. The van der Waals surface area contributed by atoms with Crippen molar-refractivity contribution < 1.29 is 0 Å². The summed E-state index contributed by atoms with van der Waals surface area (Å²) in [5.74, 6) is 0.701. The Morgan fingerprint density at radius 1 is 1.32 bits per heavy atom. The van der Waals surface area contributed by atoms with E-state index in [1.165, 1.54) is 5.69 Å². The van der Waals surface area contributed by atoms with E-state index in [0.717, 1.165) is 16.6 Å². The first-order chi connectivity index (χ1) is 8.64. The van der Waals surface area contributed by atoms with Gasteiger partial charge >= 0.3 is 0 Å². The van der Waals surface area contributed by atoms with Crippen molar-refractivity contribution in [2.75, 3.05) is 7.05 Å². The highest BCUT2D eigenvalue weighted by molar-refractivity contribution is 9.10. The molecular weight excluding hydrogens is 302 g/mol. The van der Waals surface area contributed by atoms with Crippen molar-refractivity contribution >= 4 is 15.9 Å². The Kier molecular flexibility index (Phi) is 3.63. The molecule has 108 valence electrons. The summed E-state index contributed by atoms with van der Waals surface area (Å²) in [6.45, 7) is 11.6. The molecule has 1 aromatic rings. The number of hydrogen-bond donors (Lipinski definition) is 1. The molecule has 0 spiro atoms. The Bertz CT molecular complexity index is 474. The predicted molar refractivity (Wildman–Crippen MR) is 83.2 cm³/mol. The number of aryl methyl sites for hydroxylation is 2. The van der Waals surface area contributed by atoms with E-state index < -0.39 is 0 Å². The van der Waals surface area contributed by atoms with Crippen LogP contribution in [0.15, 0.2) is 4.47 Å². The Labute approximate surface area is 125 Å². The second kappa shape index (κ2) is 4.59. The molecule has 1 aromatic heterocycles. The maximum Gasteiger partial charge on any atom is 0.0738 e. The van der Waals surface area contributed by atoms with Crippen LogP contribution < -0.4 is 5.32 Å². The van der Waals surface area contributed by atoms with Crippen molar-refractivity contribution in [1.82, 2.24) is 15.1 Å². The SMILES string of the molecule is CNC(Cc1c(Br)c(C)nn1C)C1C(C)(C)C1(C)C. The maximum atomic E-state index is 4.49. The molecule has 1 heterocycles. The highest BCUT2D eigenvalue weighted by atomic mass is 79.9.